The van der Waals surface area contributed by atoms with E-state index in [0.717, 1.165) is 21.5 Å². The predicted molar refractivity (Wildman–Crippen MR) is 112 cm³/mol. The van der Waals surface area contributed by atoms with Crippen LogP contribution in [0.2, 0.25) is 0 Å². The van der Waals surface area contributed by atoms with Crippen LogP contribution in [-0.4, -0.2) is 15.5 Å². The predicted octanol–water partition coefficient (Wildman–Crippen LogP) is 5.73. The second-order valence-corrected chi connectivity index (χ2v) is 8.00. The number of anilines is 2. The van der Waals surface area contributed by atoms with E-state index in [9.17, 15) is 0 Å². The Labute approximate surface area is 163 Å². The van der Waals surface area contributed by atoms with E-state index in [-0.39, 0.29) is 5.54 Å². The first-order valence-electron chi connectivity index (χ1n) is 8.61. The standard InChI is InChI=1S/C21H23BrN4/c1-21(2,3)26-20-24-18(15-9-5-4-6-10-15)13-19(25-20)23-14-16-11-7-8-12-17(16)22/h4-13H,14H2,1-3H3,(H2,23,24,25,26). The molecule has 0 aliphatic heterocycles. The minimum absolute atomic E-state index is 0.116. The first kappa shape index (κ1) is 18.4. The normalized spacial score (nSPS) is 11.2. The Morgan fingerprint density at radius 1 is 0.923 bits per heavy atom. The smallest absolute Gasteiger partial charge is 0.225 e. The van der Waals surface area contributed by atoms with Crippen molar-refractivity contribution in [3.8, 4) is 11.3 Å². The Balaban J connectivity index is 1.90. The van der Waals surface area contributed by atoms with Crippen LogP contribution in [0.3, 0.4) is 0 Å². The van der Waals surface area contributed by atoms with Crippen LogP contribution in [0.5, 0.6) is 0 Å². The van der Waals surface area contributed by atoms with E-state index in [1.165, 1.54) is 5.56 Å². The van der Waals surface area contributed by atoms with Crippen LogP contribution in [0.25, 0.3) is 11.3 Å². The SMILES string of the molecule is CC(C)(C)Nc1nc(NCc2ccccc2Br)cc(-c2ccccc2)n1. The van der Waals surface area contributed by atoms with Crippen molar-refractivity contribution in [3.05, 3.63) is 70.7 Å². The fourth-order valence-electron chi connectivity index (χ4n) is 2.51. The number of halogens is 1. The maximum Gasteiger partial charge on any atom is 0.225 e. The summed E-state index contributed by atoms with van der Waals surface area (Å²) in [5, 5.41) is 6.79. The van der Waals surface area contributed by atoms with E-state index < -0.39 is 0 Å². The lowest BCUT2D eigenvalue weighted by Gasteiger charge is -2.21. The molecule has 1 aromatic heterocycles. The lowest BCUT2D eigenvalue weighted by molar-refractivity contribution is 0.626. The number of aromatic nitrogens is 2. The van der Waals surface area contributed by atoms with Gasteiger partial charge in [-0.05, 0) is 32.4 Å². The molecule has 5 heteroatoms. The molecule has 0 aliphatic rings. The van der Waals surface area contributed by atoms with Gasteiger partial charge in [0, 0.05) is 28.2 Å². The molecular formula is C21H23BrN4. The van der Waals surface area contributed by atoms with Crippen LogP contribution in [0.4, 0.5) is 11.8 Å². The molecule has 26 heavy (non-hydrogen) atoms. The van der Waals surface area contributed by atoms with Crippen LogP contribution in [-0.2, 0) is 6.54 Å². The molecule has 0 radical (unpaired) electrons. The van der Waals surface area contributed by atoms with Crippen molar-refractivity contribution in [1.82, 2.24) is 9.97 Å². The third-order valence-corrected chi connectivity index (χ3v) is 4.47. The van der Waals surface area contributed by atoms with E-state index in [0.29, 0.717) is 12.5 Å². The molecule has 0 unspecified atom stereocenters. The molecule has 2 N–H and O–H groups in total. The van der Waals surface area contributed by atoms with Crippen molar-refractivity contribution in [2.24, 2.45) is 0 Å². The quantitative estimate of drug-likeness (QED) is 0.563. The number of hydrogen-bond donors (Lipinski definition) is 2. The molecule has 0 bridgehead atoms. The zero-order valence-corrected chi connectivity index (χ0v) is 16.8. The molecule has 0 saturated carbocycles. The summed E-state index contributed by atoms with van der Waals surface area (Å²) >= 11 is 3.59. The number of nitrogens with one attached hydrogen (secondary N) is 2. The van der Waals surface area contributed by atoms with Gasteiger partial charge in [-0.3, -0.25) is 0 Å². The van der Waals surface area contributed by atoms with Crippen LogP contribution in [0, 0.1) is 0 Å². The molecule has 4 nitrogen and oxygen atoms in total. The lowest BCUT2D eigenvalue weighted by Crippen LogP contribution is -2.27. The maximum absolute atomic E-state index is 4.69. The average molecular weight is 411 g/mol. The van der Waals surface area contributed by atoms with E-state index in [1.54, 1.807) is 0 Å². The minimum atomic E-state index is -0.116. The molecule has 3 aromatic rings. The second-order valence-electron chi connectivity index (χ2n) is 7.15. The van der Waals surface area contributed by atoms with E-state index in [4.69, 9.17) is 4.98 Å². The van der Waals surface area contributed by atoms with Gasteiger partial charge in [-0.2, -0.15) is 4.98 Å². The number of nitrogens with zero attached hydrogens (tertiary/aromatic N) is 2. The summed E-state index contributed by atoms with van der Waals surface area (Å²) in [6, 6.07) is 20.3. The molecule has 3 rings (SSSR count). The lowest BCUT2D eigenvalue weighted by atomic mass is 10.1. The summed E-state index contributed by atoms with van der Waals surface area (Å²) in [5.74, 6) is 1.41. The van der Waals surface area contributed by atoms with Gasteiger partial charge in [0.05, 0.1) is 5.69 Å². The van der Waals surface area contributed by atoms with Gasteiger partial charge in [-0.15, -0.1) is 0 Å². The topological polar surface area (TPSA) is 49.8 Å². The van der Waals surface area contributed by atoms with Crippen molar-refractivity contribution < 1.29 is 0 Å². The van der Waals surface area contributed by atoms with Crippen LogP contribution in [0.15, 0.2) is 65.1 Å². The van der Waals surface area contributed by atoms with E-state index >= 15 is 0 Å². The summed E-state index contributed by atoms with van der Waals surface area (Å²) in [5.41, 5.74) is 3.02. The van der Waals surface area contributed by atoms with Crippen LogP contribution < -0.4 is 10.6 Å². The largest absolute Gasteiger partial charge is 0.366 e. The highest BCUT2D eigenvalue weighted by Gasteiger charge is 2.14. The summed E-state index contributed by atoms with van der Waals surface area (Å²) in [7, 11) is 0. The highest BCUT2D eigenvalue weighted by atomic mass is 79.9. The van der Waals surface area contributed by atoms with Crippen LogP contribution in [0.1, 0.15) is 26.3 Å². The molecule has 0 amide bonds. The molecule has 1 heterocycles. The van der Waals surface area contributed by atoms with Gasteiger partial charge in [0.1, 0.15) is 5.82 Å². The monoisotopic (exact) mass is 410 g/mol. The third kappa shape index (κ3) is 5.05. The van der Waals surface area contributed by atoms with Gasteiger partial charge in [-0.1, -0.05) is 64.5 Å². The molecule has 0 spiro atoms. The Kier molecular flexibility index (Phi) is 5.57. The van der Waals surface area contributed by atoms with Crippen molar-refractivity contribution in [3.63, 3.8) is 0 Å². The zero-order valence-electron chi connectivity index (χ0n) is 15.3. The van der Waals surface area contributed by atoms with Gasteiger partial charge in [0.2, 0.25) is 5.95 Å². The number of rotatable bonds is 5. The summed E-state index contributed by atoms with van der Waals surface area (Å²) in [4.78, 5) is 9.33. The average Bonchev–Trinajstić information content (AvgIpc) is 2.60. The first-order valence-corrected chi connectivity index (χ1v) is 9.40. The van der Waals surface area contributed by atoms with Crippen molar-refractivity contribution in [1.29, 1.82) is 0 Å². The molecule has 0 fully saturated rings. The van der Waals surface area contributed by atoms with Gasteiger partial charge < -0.3 is 10.6 Å². The fourth-order valence-corrected chi connectivity index (χ4v) is 2.94. The maximum atomic E-state index is 4.69. The fraction of sp³-hybridized carbons (Fsp3) is 0.238. The van der Waals surface area contributed by atoms with Gasteiger partial charge >= 0.3 is 0 Å². The Morgan fingerprint density at radius 3 is 2.31 bits per heavy atom. The molecule has 0 atom stereocenters. The first-order chi connectivity index (χ1) is 12.4. The molecule has 2 aromatic carbocycles. The van der Waals surface area contributed by atoms with Gasteiger partial charge in [0.15, 0.2) is 0 Å². The van der Waals surface area contributed by atoms with Gasteiger partial charge in [0.25, 0.3) is 0 Å². The summed E-state index contributed by atoms with van der Waals surface area (Å²) in [6.07, 6.45) is 0. The van der Waals surface area contributed by atoms with Crippen LogP contribution >= 0.6 is 15.9 Å². The molecule has 134 valence electrons. The Hall–Kier alpha value is -2.40. The van der Waals surface area contributed by atoms with Crippen molar-refractivity contribution in [2.75, 3.05) is 10.6 Å². The third-order valence-electron chi connectivity index (χ3n) is 3.70. The van der Waals surface area contributed by atoms with Crippen molar-refractivity contribution >= 4 is 27.7 Å². The van der Waals surface area contributed by atoms with Gasteiger partial charge in [-0.25, -0.2) is 4.98 Å². The Bertz CT molecular complexity index is 873. The minimum Gasteiger partial charge on any atom is -0.366 e. The molecular weight excluding hydrogens is 388 g/mol. The molecule has 0 aliphatic carbocycles. The highest BCUT2D eigenvalue weighted by Crippen LogP contribution is 2.24. The zero-order chi connectivity index (χ0) is 18.6. The van der Waals surface area contributed by atoms with E-state index in [1.807, 2.05) is 42.5 Å². The van der Waals surface area contributed by atoms with E-state index in [2.05, 4.69) is 70.5 Å². The molecule has 0 saturated heterocycles. The second kappa shape index (κ2) is 7.87. The summed E-state index contributed by atoms with van der Waals surface area (Å²) in [6.45, 7) is 6.97. The number of hydrogen-bond acceptors (Lipinski definition) is 4. The summed E-state index contributed by atoms with van der Waals surface area (Å²) < 4.78 is 1.08. The number of benzene rings is 2. The Morgan fingerprint density at radius 2 is 1.62 bits per heavy atom. The van der Waals surface area contributed by atoms with Crippen molar-refractivity contribution in [2.45, 2.75) is 32.9 Å². The highest BCUT2D eigenvalue weighted by molar-refractivity contribution is 9.10.